The lowest BCUT2D eigenvalue weighted by Gasteiger charge is -2.37. The smallest absolute Gasteiger partial charge is 0.263 e. The summed E-state index contributed by atoms with van der Waals surface area (Å²) in [4.78, 5) is 16.6. The van der Waals surface area contributed by atoms with Crippen LogP contribution in [0.15, 0.2) is 22.7 Å². The molecule has 1 atom stereocenters. The lowest BCUT2D eigenvalue weighted by atomic mass is 10.2. The van der Waals surface area contributed by atoms with Crippen molar-refractivity contribution in [1.29, 1.82) is 0 Å². The molecule has 4 nitrogen and oxygen atoms in total. The average Bonchev–Trinajstić information content (AvgIpc) is 2.49. The van der Waals surface area contributed by atoms with Crippen molar-refractivity contribution >= 4 is 21.8 Å². The zero-order valence-corrected chi connectivity index (χ0v) is 14.8. The predicted molar refractivity (Wildman–Crippen MR) is 87.5 cm³/mol. The summed E-state index contributed by atoms with van der Waals surface area (Å²) in [5.41, 5.74) is 0. The van der Waals surface area contributed by atoms with Crippen LogP contribution in [0.3, 0.4) is 0 Å². The minimum Gasteiger partial charge on any atom is -0.480 e. The standard InChI is InChI=1S/C16H22BrFN2O2/c1-11(2)19-6-8-20(9-7-19)16(21)12(3)22-15-5-4-13(18)10-14(15)17/h4-5,10-12H,6-9H2,1-3H3/t12-/m0/s1. The molecule has 0 saturated carbocycles. The van der Waals surface area contributed by atoms with Gasteiger partial charge in [-0.15, -0.1) is 0 Å². The van der Waals surface area contributed by atoms with Crippen molar-refractivity contribution in [1.82, 2.24) is 9.80 Å². The summed E-state index contributed by atoms with van der Waals surface area (Å²) in [6, 6.07) is 4.67. The Morgan fingerprint density at radius 3 is 2.41 bits per heavy atom. The Labute approximate surface area is 139 Å². The highest BCUT2D eigenvalue weighted by molar-refractivity contribution is 9.10. The largest absolute Gasteiger partial charge is 0.480 e. The Hall–Kier alpha value is -1.14. The number of carbonyl (C=O) groups excluding carboxylic acids is 1. The Morgan fingerprint density at radius 2 is 1.86 bits per heavy atom. The van der Waals surface area contributed by atoms with Gasteiger partial charge in [0, 0.05) is 32.2 Å². The van der Waals surface area contributed by atoms with E-state index in [0.717, 1.165) is 26.2 Å². The van der Waals surface area contributed by atoms with E-state index in [4.69, 9.17) is 4.74 Å². The molecule has 1 heterocycles. The van der Waals surface area contributed by atoms with Crippen molar-refractivity contribution < 1.29 is 13.9 Å². The van der Waals surface area contributed by atoms with E-state index in [-0.39, 0.29) is 11.7 Å². The summed E-state index contributed by atoms with van der Waals surface area (Å²) in [7, 11) is 0. The SMILES string of the molecule is CC(C)N1CCN(C(=O)[C@H](C)Oc2ccc(F)cc2Br)CC1. The summed E-state index contributed by atoms with van der Waals surface area (Å²) < 4.78 is 19.3. The minimum atomic E-state index is -0.590. The van der Waals surface area contributed by atoms with Crippen LogP contribution in [0.25, 0.3) is 0 Å². The van der Waals surface area contributed by atoms with Crippen molar-refractivity contribution in [3.63, 3.8) is 0 Å². The summed E-state index contributed by atoms with van der Waals surface area (Å²) in [6.45, 7) is 9.26. The number of hydrogen-bond donors (Lipinski definition) is 0. The summed E-state index contributed by atoms with van der Waals surface area (Å²) in [5.74, 6) is 0.103. The van der Waals surface area contributed by atoms with Crippen LogP contribution in [0, 0.1) is 5.82 Å². The first-order chi connectivity index (χ1) is 10.4. The zero-order chi connectivity index (χ0) is 16.3. The van der Waals surface area contributed by atoms with E-state index in [9.17, 15) is 9.18 Å². The van der Waals surface area contributed by atoms with Crippen LogP contribution >= 0.6 is 15.9 Å². The molecular weight excluding hydrogens is 351 g/mol. The molecule has 0 aliphatic carbocycles. The number of piperazine rings is 1. The second-order valence-electron chi connectivity index (χ2n) is 5.79. The van der Waals surface area contributed by atoms with Crippen LogP contribution in [0.4, 0.5) is 4.39 Å². The number of nitrogens with zero attached hydrogens (tertiary/aromatic N) is 2. The molecule has 1 aliphatic heterocycles. The first-order valence-electron chi connectivity index (χ1n) is 7.53. The average molecular weight is 373 g/mol. The fourth-order valence-electron chi connectivity index (χ4n) is 2.53. The van der Waals surface area contributed by atoms with Gasteiger partial charge in [0.25, 0.3) is 5.91 Å². The molecule has 0 radical (unpaired) electrons. The Bertz CT molecular complexity index is 531. The highest BCUT2D eigenvalue weighted by Crippen LogP contribution is 2.26. The third kappa shape index (κ3) is 4.20. The monoisotopic (exact) mass is 372 g/mol. The zero-order valence-electron chi connectivity index (χ0n) is 13.2. The molecule has 1 aromatic carbocycles. The van der Waals surface area contributed by atoms with Crippen LogP contribution in [-0.4, -0.2) is 54.0 Å². The van der Waals surface area contributed by atoms with Gasteiger partial charge in [0.1, 0.15) is 11.6 Å². The van der Waals surface area contributed by atoms with Crippen LogP contribution in [0.1, 0.15) is 20.8 Å². The molecule has 1 saturated heterocycles. The maximum absolute atomic E-state index is 13.1. The van der Waals surface area contributed by atoms with E-state index in [2.05, 4.69) is 34.7 Å². The first-order valence-corrected chi connectivity index (χ1v) is 8.32. The molecule has 0 unspecified atom stereocenters. The second kappa shape index (κ2) is 7.42. The number of benzene rings is 1. The number of ether oxygens (including phenoxy) is 1. The second-order valence-corrected chi connectivity index (χ2v) is 6.64. The van der Waals surface area contributed by atoms with E-state index >= 15 is 0 Å². The van der Waals surface area contributed by atoms with Crippen molar-refractivity contribution in [3.8, 4) is 5.75 Å². The van der Waals surface area contributed by atoms with Gasteiger partial charge in [-0.05, 0) is 54.9 Å². The third-order valence-corrected chi connectivity index (χ3v) is 4.52. The van der Waals surface area contributed by atoms with Gasteiger partial charge in [0.2, 0.25) is 0 Å². The van der Waals surface area contributed by atoms with Gasteiger partial charge >= 0.3 is 0 Å². The van der Waals surface area contributed by atoms with Gasteiger partial charge in [-0.2, -0.15) is 0 Å². The summed E-state index contributed by atoms with van der Waals surface area (Å²) >= 11 is 3.25. The van der Waals surface area contributed by atoms with Gasteiger partial charge < -0.3 is 9.64 Å². The van der Waals surface area contributed by atoms with Gasteiger partial charge in [0.15, 0.2) is 6.10 Å². The Morgan fingerprint density at radius 1 is 1.23 bits per heavy atom. The molecule has 6 heteroatoms. The van der Waals surface area contributed by atoms with Crippen molar-refractivity contribution in [2.24, 2.45) is 0 Å². The van der Waals surface area contributed by atoms with Gasteiger partial charge in [-0.25, -0.2) is 4.39 Å². The summed E-state index contributed by atoms with van der Waals surface area (Å²) in [5, 5.41) is 0. The molecule has 22 heavy (non-hydrogen) atoms. The number of carbonyl (C=O) groups is 1. The topological polar surface area (TPSA) is 32.8 Å². The van der Waals surface area contributed by atoms with E-state index < -0.39 is 6.10 Å². The Kier molecular flexibility index (Phi) is 5.81. The van der Waals surface area contributed by atoms with Crippen molar-refractivity contribution in [3.05, 3.63) is 28.5 Å². The number of amides is 1. The molecule has 1 aromatic rings. The van der Waals surface area contributed by atoms with E-state index in [1.54, 1.807) is 6.92 Å². The molecule has 122 valence electrons. The highest BCUT2D eigenvalue weighted by Gasteiger charge is 2.27. The van der Waals surface area contributed by atoms with Gasteiger partial charge in [0.05, 0.1) is 4.47 Å². The van der Waals surface area contributed by atoms with Crippen LogP contribution in [-0.2, 0) is 4.79 Å². The van der Waals surface area contributed by atoms with Gasteiger partial charge in [-0.3, -0.25) is 9.69 Å². The van der Waals surface area contributed by atoms with Gasteiger partial charge in [-0.1, -0.05) is 0 Å². The van der Waals surface area contributed by atoms with E-state index in [1.807, 2.05) is 4.90 Å². The Balaban J connectivity index is 1.92. The number of hydrogen-bond acceptors (Lipinski definition) is 3. The molecule has 1 aliphatic rings. The van der Waals surface area contributed by atoms with E-state index in [1.165, 1.54) is 18.2 Å². The fraction of sp³-hybridized carbons (Fsp3) is 0.562. The molecule has 1 fully saturated rings. The van der Waals surface area contributed by atoms with Crippen LogP contribution in [0.2, 0.25) is 0 Å². The number of rotatable bonds is 4. The molecule has 1 amide bonds. The van der Waals surface area contributed by atoms with Crippen LogP contribution in [0.5, 0.6) is 5.75 Å². The van der Waals surface area contributed by atoms with Crippen molar-refractivity contribution in [2.45, 2.75) is 32.9 Å². The highest BCUT2D eigenvalue weighted by atomic mass is 79.9. The summed E-state index contributed by atoms with van der Waals surface area (Å²) in [6.07, 6.45) is -0.590. The quantitative estimate of drug-likeness (QED) is 0.814. The maximum atomic E-state index is 13.1. The normalized spacial score (nSPS) is 17.6. The number of halogens is 2. The molecule has 0 bridgehead atoms. The first kappa shape index (κ1) is 17.2. The van der Waals surface area contributed by atoms with E-state index in [0.29, 0.717) is 16.3 Å². The molecule has 2 rings (SSSR count). The molecule has 0 N–H and O–H groups in total. The molecular formula is C16H22BrFN2O2. The van der Waals surface area contributed by atoms with Crippen molar-refractivity contribution in [2.75, 3.05) is 26.2 Å². The predicted octanol–water partition coefficient (Wildman–Crippen LogP) is 2.91. The minimum absolute atomic E-state index is 0.0281. The molecule has 0 aromatic heterocycles. The van der Waals surface area contributed by atoms with Crippen LogP contribution < -0.4 is 4.74 Å². The third-order valence-electron chi connectivity index (χ3n) is 3.90. The fourth-order valence-corrected chi connectivity index (χ4v) is 2.97. The lowest BCUT2D eigenvalue weighted by Crippen LogP contribution is -2.53. The molecule has 0 spiro atoms. The lowest BCUT2D eigenvalue weighted by molar-refractivity contribution is -0.140. The maximum Gasteiger partial charge on any atom is 0.263 e.